The van der Waals surface area contributed by atoms with E-state index in [2.05, 4.69) is 0 Å². The zero-order valence-electron chi connectivity index (χ0n) is 10.2. The predicted molar refractivity (Wildman–Crippen MR) is 64.7 cm³/mol. The van der Waals surface area contributed by atoms with Crippen molar-refractivity contribution >= 4 is 16.7 Å². The molecule has 96 valence electrons. The average molecular weight is 258 g/mol. The monoisotopic (exact) mass is 258 g/mol. The lowest BCUT2D eigenvalue weighted by molar-refractivity contribution is -0.127. The molecule has 3 atom stereocenters. The van der Waals surface area contributed by atoms with Gasteiger partial charge in [-0.1, -0.05) is 0 Å². The maximum atomic E-state index is 12.0. The lowest BCUT2D eigenvalue weighted by atomic mass is 10.3. The molecule has 17 heavy (non-hydrogen) atoms. The number of rotatable bonds is 5. The summed E-state index contributed by atoms with van der Waals surface area (Å²) < 4.78 is 17.3. The lowest BCUT2D eigenvalue weighted by Gasteiger charge is -2.18. The zero-order valence-corrected chi connectivity index (χ0v) is 11.0. The first kappa shape index (κ1) is 14.1. The smallest absolute Gasteiger partial charge is 0.234 e. The van der Waals surface area contributed by atoms with E-state index in [0.29, 0.717) is 19.6 Å². The van der Waals surface area contributed by atoms with Gasteiger partial charge in [0.2, 0.25) is 5.91 Å². The van der Waals surface area contributed by atoms with E-state index in [9.17, 15) is 9.00 Å². The van der Waals surface area contributed by atoms with Gasteiger partial charge in [-0.15, -0.1) is 0 Å². The van der Waals surface area contributed by atoms with Crippen molar-refractivity contribution in [2.24, 2.45) is 0 Å². The maximum absolute atomic E-state index is 12.0. The average Bonchev–Trinajstić information content (AvgIpc) is 2.72. The summed E-state index contributed by atoms with van der Waals surface area (Å²) in [5.74, 6) is -0.141. The van der Waals surface area contributed by atoms with E-state index in [1.807, 2.05) is 13.0 Å². The first-order valence-corrected chi connectivity index (χ1v) is 7.04. The van der Waals surface area contributed by atoms with Gasteiger partial charge >= 0.3 is 0 Å². The van der Waals surface area contributed by atoms with Gasteiger partial charge in [0, 0.05) is 31.0 Å². The molecular formula is C11H18N2O3S. The van der Waals surface area contributed by atoms with Gasteiger partial charge in [0.15, 0.2) is 0 Å². The Kier molecular flexibility index (Phi) is 5.59. The van der Waals surface area contributed by atoms with E-state index in [1.54, 1.807) is 7.05 Å². The highest BCUT2D eigenvalue weighted by Gasteiger charge is 2.31. The Balaban J connectivity index is 2.40. The molecule has 0 saturated carbocycles. The minimum absolute atomic E-state index is 0.0281. The highest BCUT2D eigenvalue weighted by molar-refractivity contribution is 7.86. The van der Waals surface area contributed by atoms with Gasteiger partial charge in [-0.2, -0.15) is 5.26 Å². The number of hydrogen-bond donors (Lipinski definition) is 0. The van der Waals surface area contributed by atoms with Gasteiger partial charge in [-0.3, -0.25) is 9.00 Å². The zero-order chi connectivity index (χ0) is 12.8. The van der Waals surface area contributed by atoms with Crippen molar-refractivity contribution in [3.63, 3.8) is 0 Å². The number of nitriles is 1. The Hall–Kier alpha value is -0.930. The molecule has 1 amide bonds. The Morgan fingerprint density at radius 2 is 2.35 bits per heavy atom. The second-order valence-corrected chi connectivity index (χ2v) is 5.81. The van der Waals surface area contributed by atoms with E-state index >= 15 is 0 Å². The second kappa shape index (κ2) is 6.72. The van der Waals surface area contributed by atoms with Gasteiger partial charge in [0.1, 0.15) is 5.75 Å². The van der Waals surface area contributed by atoms with Crippen LogP contribution in [0.15, 0.2) is 0 Å². The third kappa shape index (κ3) is 4.10. The second-order valence-electron chi connectivity index (χ2n) is 4.15. The molecule has 3 unspecified atom stereocenters. The van der Waals surface area contributed by atoms with Crippen LogP contribution in [0, 0.1) is 11.3 Å². The van der Waals surface area contributed by atoms with E-state index in [4.69, 9.17) is 10.00 Å². The Bertz CT molecular complexity index is 340. The van der Waals surface area contributed by atoms with Crippen LogP contribution in [-0.4, -0.2) is 52.3 Å². The first-order chi connectivity index (χ1) is 8.06. The summed E-state index contributed by atoms with van der Waals surface area (Å²) in [7, 11) is 0.450. The van der Waals surface area contributed by atoms with Crippen LogP contribution in [0.3, 0.4) is 0 Å². The molecule has 0 bridgehead atoms. The number of hydrogen-bond acceptors (Lipinski definition) is 4. The normalized spacial score (nSPS) is 25.2. The van der Waals surface area contributed by atoms with E-state index in [0.717, 1.165) is 6.42 Å². The molecule has 0 spiro atoms. The number of nitrogens with zero attached hydrogens (tertiary/aromatic N) is 2. The largest absolute Gasteiger partial charge is 0.377 e. The summed E-state index contributed by atoms with van der Waals surface area (Å²) in [4.78, 5) is 13.2. The molecule has 1 heterocycles. The molecule has 5 nitrogen and oxygen atoms in total. The van der Waals surface area contributed by atoms with Gasteiger partial charge in [-0.05, 0) is 13.3 Å². The molecule has 0 aromatic rings. The topological polar surface area (TPSA) is 70.4 Å². The van der Waals surface area contributed by atoms with Crippen LogP contribution in [0.4, 0.5) is 0 Å². The summed E-state index contributed by atoms with van der Waals surface area (Å²) in [5.41, 5.74) is 0. The van der Waals surface area contributed by atoms with Crippen molar-refractivity contribution in [1.29, 1.82) is 5.26 Å². The van der Waals surface area contributed by atoms with Crippen molar-refractivity contribution in [3.8, 4) is 6.07 Å². The van der Waals surface area contributed by atoms with Crippen LogP contribution in [-0.2, 0) is 20.3 Å². The molecule has 0 aromatic heterocycles. The molecule has 1 fully saturated rings. The third-order valence-corrected chi connectivity index (χ3v) is 4.72. The molecule has 1 rings (SSSR count). The Labute approximate surface area is 104 Å². The summed E-state index contributed by atoms with van der Waals surface area (Å²) in [6, 6.07) is 1.98. The first-order valence-electron chi connectivity index (χ1n) is 5.66. The fraction of sp³-hybridized carbons (Fsp3) is 0.818. The summed E-state index contributed by atoms with van der Waals surface area (Å²) >= 11 is 0. The van der Waals surface area contributed by atoms with Crippen molar-refractivity contribution in [2.75, 3.05) is 26.0 Å². The van der Waals surface area contributed by atoms with Crippen LogP contribution in [0.1, 0.15) is 19.8 Å². The minimum Gasteiger partial charge on any atom is -0.377 e. The molecule has 1 saturated heterocycles. The van der Waals surface area contributed by atoms with E-state index in [-0.39, 0.29) is 23.0 Å². The van der Waals surface area contributed by atoms with Gasteiger partial charge < -0.3 is 9.64 Å². The molecule has 1 aliphatic rings. The highest BCUT2D eigenvalue weighted by Crippen LogP contribution is 2.18. The summed E-state index contributed by atoms with van der Waals surface area (Å²) in [6.45, 7) is 2.90. The maximum Gasteiger partial charge on any atom is 0.234 e. The molecule has 6 heteroatoms. The van der Waals surface area contributed by atoms with Gasteiger partial charge in [0.05, 0.1) is 23.8 Å². The Morgan fingerprint density at radius 3 is 2.88 bits per heavy atom. The van der Waals surface area contributed by atoms with Gasteiger partial charge in [-0.25, -0.2) is 0 Å². The van der Waals surface area contributed by atoms with E-state index in [1.165, 1.54) is 4.90 Å². The Morgan fingerprint density at radius 1 is 1.65 bits per heavy atom. The number of carbonyl (C=O) groups excluding carboxylic acids is 1. The van der Waals surface area contributed by atoms with Crippen LogP contribution < -0.4 is 0 Å². The van der Waals surface area contributed by atoms with Crippen LogP contribution in [0.2, 0.25) is 0 Å². The van der Waals surface area contributed by atoms with Crippen molar-refractivity contribution < 1.29 is 13.7 Å². The number of ether oxygens (including phenoxy) is 1. The molecule has 0 radical (unpaired) electrons. The fourth-order valence-corrected chi connectivity index (χ4v) is 3.28. The van der Waals surface area contributed by atoms with Crippen LogP contribution >= 0.6 is 0 Å². The molecule has 0 aromatic carbocycles. The SMILES string of the molecule is CC1OCCC1S(=O)CC(=O)N(C)CCC#N. The minimum atomic E-state index is -1.18. The van der Waals surface area contributed by atoms with Crippen LogP contribution in [0.25, 0.3) is 0 Å². The summed E-state index contributed by atoms with van der Waals surface area (Å²) in [6.07, 6.45) is 1.02. The predicted octanol–water partition coefficient (Wildman–Crippen LogP) is 0.285. The lowest BCUT2D eigenvalue weighted by Crippen LogP contribution is -2.35. The molecular weight excluding hydrogens is 240 g/mol. The molecule has 1 aliphatic heterocycles. The third-order valence-electron chi connectivity index (χ3n) is 2.89. The highest BCUT2D eigenvalue weighted by atomic mass is 32.2. The van der Waals surface area contributed by atoms with Crippen molar-refractivity contribution in [2.45, 2.75) is 31.1 Å². The molecule has 0 N–H and O–H groups in total. The van der Waals surface area contributed by atoms with Crippen LogP contribution in [0.5, 0.6) is 0 Å². The van der Waals surface area contributed by atoms with Gasteiger partial charge in [0.25, 0.3) is 0 Å². The van der Waals surface area contributed by atoms with E-state index < -0.39 is 10.8 Å². The number of carbonyl (C=O) groups is 1. The van der Waals surface area contributed by atoms with Crippen molar-refractivity contribution in [3.05, 3.63) is 0 Å². The quantitative estimate of drug-likeness (QED) is 0.710. The number of amides is 1. The fourth-order valence-electron chi connectivity index (χ4n) is 1.74. The molecule has 0 aliphatic carbocycles. The summed E-state index contributed by atoms with van der Waals surface area (Å²) in [5, 5.41) is 8.38. The van der Waals surface area contributed by atoms with Crippen molar-refractivity contribution in [1.82, 2.24) is 4.90 Å². The standard InChI is InChI=1S/C11H18N2O3S/c1-9-10(4-7-16-9)17(15)8-11(14)13(2)6-3-5-12/h9-10H,3-4,6-8H2,1-2H3.